The van der Waals surface area contributed by atoms with E-state index in [0.717, 1.165) is 18.2 Å². The van der Waals surface area contributed by atoms with Crippen LogP contribution < -0.4 is 15.0 Å². The maximum absolute atomic E-state index is 14.5. The van der Waals surface area contributed by atoms with Crippen LogP contribution in [0.1, 0.15) is 23.0 Å². The third-order valence-corrected chi connectivity index (χ3v) is 5.49. The van der Waals surface area contributed by atoms with Gasteiger partial charge < -0.3 is 19.0 Å². The van der Waals surface area contributed by atoms with Gasteiger partial charge in [0.1, 0.15) is 24.8 Å². The molecule has 1 N–H and O–H groups in total. The number of nitrogens with one attached hydrogen (secondary N) is 1. The van der Waals surface area contributed by atoms with Crippen LogP contribution in [0.15, 0.2) is 53.5 Å². The third-order valence-electron chi connectivity index (χ3n) is 5.49. The van der Waals surface area contributed by atoms with Gasteiger partial charge in [0.05, 0.1) is 23.1 Å². The van der Waals surface area contributed by atoms with Crippen molar-refractivity contribution in [3.05, 3.63) is 81.9 Å². The highest BCUT2D eigenvalue weighted by atomic mass is 19.1. The molecule has 4 aromatic rings. The molecule has 5 rings (SSSR count). The molecule has 0 bridgehead atoms. The molecule has 3 heterocycles. The van der Waals surface area contributed by atoms with E-state index in [4.69, 9.17) is 9.47 Å². The highest BCUT2D eigenvalue weighted by Gasteiger charge is 2.29. The Morgan fingerprint density at radius 1 is 1.12 bits per heavy atom. The number of ketones is 1. The van der Waals surface area contributed by atoms with E-state index in [1.165, 1.54) is 13.1 Å². The summed E-state index contributed by atoms with van der Waals surface area (Å²) in [5.74, 6) is -0.619. The first kappa shape index (κ1) is 20.0. The Kier molecular flexibility index (Phi) is 4.77. The standard InChI is InChI=1S/C24H18F2N2O4/c1-13(29)22-20(16-3-2-8-27-24(16)30)21-18(6-7-19-23(21)32-10-9-31-19)28(22)12-14-11-15(25)4-5-17(14)26/h2-8,11H,9-10,12H2,1H3,(H,27,30). The number of hydrogen-bond donors (Lipinski definition) is 1. The molecule has 0 fully saturated rings. The summed E-state index contributed by atoms with van der Waals surface area (Å²) in [5.41, 5.74) is 1.06. The van der Waals surface area contributed by atoms with E-state index in [1.807, 2.05) is 0 Å². The molecule has 2 aromatic heterocycles. The molecule has 0 unspecified atom stereocenters. The van der Waals surface area contributed by atoms with Crippen molar-refractivity contribution in [3.8, 4) is 22.6 Å². The van der Waals surface area contributed by atoms with Crippen LogP contribution in [-0.4, -0.2) is 28.5 Å². The zero-order valence-corrected chi connectivity index (χ0v) is 17.1. The monoisotopic (exact) mass is 436 g/mol. The molecule has 0 spiro atoms. The van der Waals surface area contributed by atoms with Gasteiger partial charge in [0.2, 0.25) is 0 Å². The van der Waals surface area contributed by atoms with E-state index < -0.39 is 11.6 Å². The molecule has 32 heavy (non-hydrogen) atoms. The van der Waals surface area contributed by atoms with Crippen molar-refractivity contribution >= 4 is 16.7 Å². The number of carbonyl (C=O) groups excluding carboxylic acids is 1. The fourth-order valence-electron chi connectivity index (χ4n) is 4.19. The summed E-state index contributed by atoms with van der Waals surface area (Å²) in [7, 11) is 0. The van der Waals surface area contributed by atoms with E-state index in [1.54, 1.807) is 28.8 Å². The number of aromatic amines is 1. The number of pyridine rings is 1. The van der Waals surface area contributed by atoms with Crippen molar-refractivity contribution in [1.29, 1.82) is 0 Å². The van der Waals surface area contributed by atoms with Crippen LogP contribution in [-0.2, 0) is 6.54 Å². The zero-order chi connectivity index (χ0) is 22.4. The number of halogens is 2. The minimum Gasteiger partial charge on any atom is -0.486 e. The molecular weight excluding hydrogens is 418 g/mol. The van der Waals surface area contributed by atoms with Gasteiger partial charge in [0.15, 0.2) is 17.3 Å². The summed E-state index contributed by atoms with van der Waals surface area (Å²) in [6.07, 6.45) is 1.50. The molecule has 0 saturated heterocycles. The van der Waals surface area contributed by atoms with Gasteiger partial charge >= 0.3 is 0 Å². The van der Waals surface area contributed by atoms with Crippen LogP contribution in [0.25, 0.3) is 22.0 Å². The Bertz CT molecular complexity index is 1440. The number of hydrogen-bond acceptors (Lipinski definition) is 4. The lowest BCUT2D eigenvalue weighted by Crippen LogP contribution is -2.15. The Morgan fingerprint density at radius 2 is 1.94 bits per heavy atom. The first-order chi connectivity index (χ1) is 15.5. The number of Topliss-reactive ketones (excluding diaryl/α,β-unsaturated/α-hetero) is 1. The second kappa shape index (κ2) is 7.64. The zero-order valence-electron chi connectivity index (χ0n) is 17.1. The fourth-order valence-corrected chi connectivity index (χ4v) is 4.19. The van der Waals surface area contributed by atoms with Crippen molar-refractivity contribution in [1.82, 2.24) is 9.55 Å². The van der Waals surface area contributed by atoms with E-state index in [0.29, 0.717) is 41.2 Å². The Balaban J connectivity index is 1.90. The van der Waals surface area contributed by atoms with Crippen molar-refractivity contribution in [3.63, 3.8) is 0 Å². The van der Waals surface area contributed by atoms with Crippen LogP contribution in [0.3, 0.4) is 0 Å². The van der Waals surface area contributed by atoms with Crippen molar-refractivity contribution in [2.75, 3.05) is 13.2 Å². The number of H-pyrrole nitrogens is 1. The number of aromatic nitrogens is 2. The van der Waals surface area contributed by atoms with Gasteiger partial charge in [0.25, 0.3) is 5.56 Å². The second-order valence-corrected chi connectivity index (χ2v) is 7.50. The largest absolute Gasteiger partial charge is 0.486 e. The van der Waals surface area contributed by atoms with Gasteiger partial charge in [-0.1, -0.05) is 0 Å². The first-order valence-corrected chi connectivity index (χ1v) is 10.0. The van der Waals surface area contributed by atoms with Gasteiger partial charge in [-0.2, -0.15) is 0 Å². The molecular formula is C24H18F2N2O4. The molecule has 0 radical (unpaired) electrons. The van der Waals surface area contributed by atoms with Crippen molar-refractivity contribution in [2.24, 2.45) is 0 Å². The molecule has 6 nitrogen and oxygen atoms in total. The Labute approximate surface area is 181 Å². The van der Waals surface area contributed by atoms with E-state index in [2.05, 4.69) is 4.98 Å². The molecule has 2 aromatic carbocycles. The van der Waals surface area contributed by atoms with E-state index in [9.17, 15) is 18.4 Å². The predicted molar refractivity (Wildman–Crippen MR) is 114 cm³/mol. The van der Waals surface area contributed by atoms with Crippen LogP contribution >= 0.6 is 0 Å². The minimum absolute atomic E-state index is 0.0767. The maximum Gasteiger partial charge on any atom is 0.255 e. The van der Waals surface area contributed by atoms with E-state index in [-0.39, 0.29) is 34.7 Å². The minimum atomic E-state index is -0.598. The predicted octanol–water partition coefficient (Wildman–Crippen LogP) is 4.30. The number of carbonyl (C=O) groups is 1. The summed E-state index contributed by atoms with van der Waals surface area (Å²) < 4.78 is 41.5. The summed E-state index contributed by atoms with van der Waals surface area (Å²) in [6.45, 7) is 1.93. The topological polar surface area (TPSA) is 73.3 Å². The van der Waals surface area contributed by atoms with Gasteiger partial charge in [-0.15, -0.1) is 0 Å². The van der Waals surface area contributed by atoms with Crippen molar-refractivity contribution < 1.29 is 23.0 Å². The number of ether oxygens (including phenoxy) is 2. The molecule has 162 valence electrons. The van der Waals surface area contributed by atoms with Crippen molar-refractivity contribution in [2.45, 2.75) is 13.5 Å². The van der Waals surface area contributed by atoms with Crippen LogP contribution in [0, 0.1) is 11.6 Å². The molecule has 1 aliphatic rings. The Hall–Kier alpha value is -3.94. The number of rotatable bonds is 4. The van der Waals surface area contributed by atoms with Gasteiger partial charge in [-0.3, -0.25) is 9.59 Å². The average Bonchev–Trinajstić information content (AvgIpc) is 3.11. The summed E-state index contributed by atoms with van der Waals surface area (Å²) in [6, 6.07) is 9.88. The number of fused-ring (bicyclic) bond motifs is 3. The SMILES string of the molecule is CC(=O)c1c(-c2ccc[nH]c2=O)c2c3c(ccc2n1Cc1cc(F)ccc1F)OCCO3. The lowest BCUT2D eigenvalue weighted by Gasteiger charge is -2.19. The Morgan fingerprint density at radius 3 is 2.72 bits per heavy atom. The lowest BCUT2D eigenvalue weighted by atomic mass is 10.0. The fraction of sp³-hybridized carbons (Fsp3) is 0.167. The van der Waals surface area contributed by atoms with Crippen LogP contribution in [0.4, 0.5) is 8.78 Å². The van der Waals surface area contributed by atoms with Gasteiger partial charge in [0, 0.05) is 29.8 Å². The lowest BCUT2D eigenvalue weighted by molar-refractivity contribution is 0.101. The van der Waals surface area contributed by atoms with Crippen LogP contribution in [0.2, 0.25) is 0 Å². The molecule has 0 amide bonds. The summed E-state index contributed by atoms with van der Waals surface area (Å²) in [5, 5.41) is 0.515. The highest BCUT2D eigenvalue weighted by Crippen LogP contribution is 2.45. The smallest absolute Gasteiger partial charge is 0.255 e. The highest BCUT2D eigenvalue weighted by molar-refractivity contribution is 6.13. The van der Waals surface area contributed by atoms with Gasteiger partial charge in [-0.05, 0) is 42.5 Å². The quantitative estimate of drug-likeness (QED) is 0.484. The maximum atomic E-state index is 14.5. The normalized spacial score (nSPS) is 12.8. The molecule has 8 heteroatoms. The summed E-state index contributed by atoms with van der Waals surface area (Å²) >= 11 is 0. The third kappa shape index (κ3) is 3.15. The van der Waals surface area contributed by atoms with E-state index >= 15 is 0 Å². The van der Waals surface area contributed by atoms with Gasteiger partial charge in [-0.25, -0.2) is 8.78 Å². The van der Waals surface area contributed by atoms with Crippen LogP contribution in [0.5, 0.6) is 11.5 Å². The first-order valence-electron chi connectivity index (χ1n) is 10.0. The molecule has 0 aliphatic carbocycles. The second-order valence-electron chi connectivity index (χ2n) is 7.50. The average molecular weight is 436 g/mol. The number of nitrogens with zero attached hydrogens (tertiary/aromatic N) is 1. The number of benzene rings is 2. The molecule has 1 aliphatic heterocycles. The summed E-state index contributed by atoms with van der Waals surface area (Å²) in [4.78, 5) is 28.2. The molecule has 0 atom stereocenters. The molecule has 0 saturated carbocycles.